The molecule has 5 nitrogen and oxygen atoms in total. The fraction of sp³-hybridized carbons (Fsp3) is 0.0588. The number of rotatable bonds is 2. The lowest BCUT2D eigenvalue weighted by Gasteiger charge is -2.08. The Morgan fingerprint density at radius 2 is 1.48 bits per heavy atom. The van der Waals surface area contributed by atoms with Gasteiger partial charge in [-0.2, -0.15) is 0 Å². The predicted octanol–water partition coefficient (Wildman–Crippen LogP) is 3.59. The minimum atomic E-state index is -3.11. The molecule has 0 radical (unpaired) electrons. The van der Waals surface area contributed by atoms with Crippen molar-refractivity contribution in [3.8, 4) is 5.75 Å². The van der Waals surface area contributed by atoms with Gasteiger partial charge in [-0.3, -0.25) is 0 Å². The first kappa shape index (κ1) is 16.5. The molecule has 0 aliphatic heterocycles. The number of benzene rings is 3. The lowest BCUT2D eigenvalue weighted by molar-refractivity contribution is 0.481. The van der Waals surface area contributed by atoms with Crippen molar-refractivity contribution < 1.29 is 17.7 Å². The number of hydrogen-bond acceptors (Lipinski definition) is 5. The molecule has 0 atom stereocenters. The van der Waals surface area contributed by atoms with E-state index in [1.807, 2.05) is 30.3 Å². The Morgan fingerprint density at radius 1 is 0.870 bits per heavy atom. The van der Waals surface area contributed by atoms with Crippen molar-refractivity contribution in [2.45, 2.75) is 6.92 Å². The van der Waals surface area contributed by atoms with E-state index in [-0.39, 0.29) is 0 Å². The molecule has 0 aliphatic carbocycles. The van der Waals surface area contributed by atoms with Gasteiger partial charge in [0, 0.05) is 16.8 Å². The van der Waals surface area contributed by atoms with Crippen molar-refractivity contribution in [1.82, 2.24) is 0 Å². The molecule has 0 aliphatic rings. The molecule has 0 saturated heterocycles. The number of phenols is 1. The Balaban J connectivity index is 0.000000433. The molecule has 3 aromatic rings. The van der Waals surface area contributed by atoms with Crippen LogP contribution in [-0.4, -0.2) is 17.7 Å². The summed E-state index contributed by atoms with van der Waals surface area (Å²) in [6.07, 6.45) is 0. The normalized spacial score (nSPS) is 9.78. The van der Waals surface area contributed by atoms with Gasteiger partial charge < -0.3 is 10.4 Å². The molecule has 0 spiro atoms. The van der Waals surface area contributed by atoms with E-state index in [0.29, 0.717) is 5.75 Å². The number of fused-ring (bicyclic) bond motifs is 1. The zero-order valence-corrected chi connectivity index (χ0v) is 13.2. The van der Waals surface area contributed by atoms with Gasteiger partial charge in [-0.25, -0.2) is 0 Å². The molecule has 0 saturated carbocycles. The Kier molecular flexibility index (Phi) is 5.32. The zero-order chi connectivity index (χ0) is 16.8. The minimum Gasteiger partial charge on any atom is -0.507 e. The Hall–Kier alpha value is -2.86. The van der Waals surface area contributed by atoms with Gasteiger partial charge in [0.1, 0.15) is 5.75 Å². The lowest BCUT2D eigenvalue weighted by Crippen LogP contribution is -1.90. The first-order valence-corrected chi connectivity index (χ1v) is 7.78. The summed E-state index contributed by atoms with van der Waals surface area (Å²) >= 11 is 0. The molecule has 0 aromatic heterocycles. The molecule has 0 amide bonds. The van der Waals surface area contributed by atoms with Crippen LogP contribution in [0.4, 0.5) is 11.4 Å². The van der Waals surface area contributed by atoms with Gasteiger partial charge in [0.25, 0.3) is 0 Å². The molecule has 2 N–H and O–H groups in total. The third-order valence-electron chi connectivity index (χ3n) is 3.20. The van der Waals surface area contributed by atoms with Gasteiger partial charge >= 0.3 is 10.6 Å². The molecule has 0 bridgehead atoms. The predicted molar refractivity (Wildman–Crippen MR) is 89.8 cm³/mol. The zero-order valence-electron chi connectivity index (χ0n) is 12.4. The third-order valence-corrected chi connectivity index (χ3v) is 3.20. The van der Waals surface area contributed by atoms with Crippen LogP contribution in [0.1, 0.15) is 5.56 Å². The summed E-state index contributed by atoms with van der Waals surface area (Å²) in [7, 11) is -3.11. The number of phenolic OH excluding ortho intramolecular Hbond substituents is 1. The maximum Gasteiger partial charge on any atom is 0.425 e. The summed E-state index contributed by atoms with van der Waals surface area (Å²) in [4.78, 5) is 0. The molecular weight excluding hydrogens is 314 g/mol. The molecule has 3 aromatic carbocycles. The molecule has 23 heavy (non-hydrogen) atoms. The van der Waals surface area contributed by atoms with E-state index >= 15 is 0 Å². The van der Waals surface area contributed by atoms with Crippen molar-refractivity contribution in [3.63, 3.8) is 0 Å². The first-order chi connectivity index (χ1) is 11.0. The second-order valence-electron chi connectivity index (χ2n) is 4.91. The van der Waals surface area contributed by atoms with Crippen LogP contribution >= 0.6 is 0 Å². The minimum absolute atomic E-state index is 0.319. The average Bonchev–Trinajstić information content (AvgIpc) is 2.49. The van der Waals surface area contributed by atoms with Gasteiger partial charge in [0.2, 0.25) is 0 Å². The largest absolute Gasteiger partial charge is 0.507 e. The van der Waals surface area contributed by atoms with Gasteiger partial charge in [0.05, 0.1) is 0 Å². The summed E-state index contributed by atoms with van der Waals surface area (Å²) < 4.78 is 25.3. The fourth-order valence-electron chi connectivity index (χ4n) is 2.15. The fourth-order valence-corrected chi connectivity index (χ4v) is 2.15. The second-order valence-corrected chi connectivity index (χ2v) is 5.32. The Labute approximate surface area is 135 Å². The van der Waals surface area contributed by atoms with Gasteiger partial charge in [-0.05, 0) is 48.7 Å². The van der Waals surface area contributed by atoms with E-state index in [9.17, 15) is 5.11 Å². The van der Waals surface area contributed by atoms with E-state index in [4.69, 9.17) is 12.6 Å². The first-order valence-electron chi connectivity index (χ1n) is 6.78. The Bertz CT molecular complexity index is 913. The van der Waals surface area contributed by atoms with Gasteiger partial charge in [-0.1, -0.05) is 29.8 Å². The summed E-state index contributed by atoms with van der Waals surface area (Å²) in [5.74, 6) is 0.319. The number of hydrogen-bond donors (Lipinski definition) is 2. The van der Waals surface area contributed by atoms with Crippen molar-refractivity contribution in [1.29, 1.82) is 0 Å². The SMILES string of the molecule is Cc1ccc(Nc2ccc3c(O)cccc3c2)cc1.O=S(=O)=O. The van der Waals surface area contributed by atoms with Crippen molar-refractivity contribution >= 4 is 32.8 Å². The molecule has 118 valence electrons. The summed E-state index contributed by atoms with van der Waals surface area (Å²) in [5, 5.41) is 15.0. The smallest absolute Gasteiger partial charge is 0.425 e. The lowest BCUT2D eigenvalue weighted by atomic mass is 10.1. The van der Waals surface area contributed by atoms with Gasteiger partial charge in [-0.15, -0.1) is 12.6 Å². The molecule has 3 rings (SSSR count). The molecule has 6 heteroatoms. The summed E-state index contributed by atoms with van der Waals surface area (Å²) in [6.45, 7) is 2.07. The molecule has 0 fully saturated rings. The quantitative estimate of drug-likeness (QED) is 0.750. The maximum absolute atomic E-state index is 9.76. The van der Waals surface area contributed by atoms with Crippen LogP contribution in [0.5, 0.6) is 5.75 Å². The number of aryl methyl sites for hydroxylation is 1. The van der Waals surface area contributed by atoms with Crippen molar-refractivity contribution in [3.05, 3.63) is 66.2 Å². The van der Waals surface area contributed by atoms with E-state index in [2.05, 4.69) is 36.5 Å². The van der Waals surface area contributed by atoms with Crippen LogP contribution in [-0.2, 0) is 10.6 Å². The molecular formula is C17H15NO4S. The molecule has 0 heterocycles. The van der Waals surface area contributed by atoms with E-state index in [1.165, 1.54) is 5.56 Å². The summed E-state index contributed by atoms with van der Waals surface area (Å²) in [5.41, 5.74) is 3.32. The molecule has 0 unspecified atom stereocenters. The third kappa shape index (κ3) is 4.82. The van der Waals surface area contributed by atoms with E-state index in [1.54, 1.807) is 6.07 Å². The van der Waals surface area contributed by atoms with Crippen LogP contribution in [0.2, 0.25) is 0 Å². The van der Waals surface area contributed by atoms with Crippen LogP contribution in [0, 0.1) is 6.92 Å². The van der Waals surface area contributed by atoms with Crippen molar-refractivity contribution in [2.24, 2.45) is 0 Å². The van der Waals surface area contributed by atoms with Crippen LogP contribution in [0.3, 0.4) is 0 Å². The number of aromatic hydroxyl groups is 1. The van der Waals surface area contributed by atoms with E-state index < -0.39 is 10.6 Å². The number of nitrogens with one attached hydrogen (secondary N) is 1. The summed E-state index contributed by atoms with van der Waals surface area (Å²) in [6, 6.07) is 19.8. The highest BCUT2D eigenvalue weighted by Crippen LogP contribution is 2.28. The van der Waals surface area contributed by atoms with Crippen LogP contribution in [0.25, 0.3) is 10.8 Å². The van der Waals surface area contributed by atoms with Gasteiger partial charge in [0.15, 0.2) is 0 Å². The standard InChI is InChI=1S/C17H15NO.O3S/c1-12-5-7-14(8-6-12)18-15-9-10-16-13(11-15)3-2-4-17(16)19;1-4(2)3/h2-11,18-19H,1H3;. The second kappa shape index (κ2) is 7.42. The van der Waals surface area contributed by atoms with E-state index in [0.717, 1.165) is 22.1 Å². The Morgan fingerprint density at radius 3 is 2.13 bits per heavy atom. The maximum atomic E-state index is 9.76. The monoisotopic (exact) mass is 329 g/mol. The highest BCUT2D eigenvalue weighted by molar-refractivity contribution is 7.59. The van der Waals surface area contributed by atoms with Crippen molar-refractivity contribution in [2.75, 3.05) is 5.32 Å². The highest BCUT2D eigenvalue weighted by Gasteiger charge is 2.00. The number of anilines is 2. The van der Waals surface area contributed by atoms with Crippen LogP contribution < -0.4 is 5.32 Å². The topological polar surface area (TPSA) is 83.5 Å². The average molecular weight is 329 g/mol. The van der Waals surface area contributed by atoms with Crippen LogP contribution in [0.15, 0.2) is 60.7 Å². The highest BCUT2D eigenvalue weighted by atomic mass is 32.2.